The Balaban J connectivity index is 3.26. The summed E-state index contributed by atoms with van der Waals surface area (Å²) in [6.45, 7) is 4.20. The molecule has 0 aliphatic rings. The van der Waals surface area contributed by atoms with Crippen LogP contribution in [0.2, 0.25) is 0 Å². The van der Waals surface area contributed by atoms with E-state index in [2.05, 4.69) is 6.08 Å². The summed E-state index contributed by atoms with van der Waals surface area (Å²) in [5.74, 6) is -0.141. The first kappa shape index (κ1) is 11.9. The molecule has 2 nitrogen and oxygen atoms in total. The molecular formula is C11H18O2. The Morgan fingerprint density at radius 2 is 1.92 bits per heavy atom. The van der Waals surface area contributed by atoms with Gasteiger partial charge in [-0.3, -0.25) is 4.79 Å². The van der Waals surface area contributed by atoms with Gasteiger partial charge in [-0.15, -0.1) is 0 Å². The first-order valence-electron chi connectivity index (χ1n) is 4.73. The van der Waals surface area contributed by atoms with Crippen molar-refractivity contribution in [3.8, 4) is 0 Å². The second-order valence-corrected chi connectivity index (χ2v) is 2.65. The van der Waals surface area contributed by atoms with Gasteiger partial charge in [0.1, 0.15) is 6.61 Å². The number of unbranched alkanes of at least 4 members (excludes halogenated alkanes) is 1. The summed E-state index contributed by atoms with van der Waals surface area (Å²) in [6.07, 6.45) is 10.6. The second-order valence-electron chi connectivity index (χ2n) is 2.65. The van der Waals surface area contributed by atoms with E-state index < -0.39 is 0 Å². The predicted molar refractivity (Wildman–Crippen MR) is 54.4 cm³/mol. The molecule has 0 aliphatic heterocycles. The third-order valence-corrected chi connectivity index (χ3v) is 1.53. The smallest absolute Gasteiger partial charge is 0.305 e. The van der Waals surface area contributed by atoms with Gasteiger partial charge in [-0.05, 0) is 19.8 Å². The highest BCUT2D eigenvalue weighted by Gasteiger charge is 1.93. The van der Waals surface area contributed by atoms with E-state index in [9.17, 15) is 4.79 Å². The number of ether oxygens (including phenoxy) is 1. The molecule has 0 atom stereocenters. The van der Waals surface area contributed by atoms with Gasteiger partial charge in [-0.1, -0.05) is 31.2 Å². The quantitative estimate of drug-likeness (QED) is 0.358. The first-order chi connectivity index (χ1) is 6.31. The van der Waals surface area contributed by atoms with Crippen molar-refractivity contribution in [2.75, 3.05) is 6.61 Å². The summed E-state index contributed by atoms with van der Waals surface area (Å²) in [6, 6.07) is 0. The molecule has 0 amide bonds. The van der Waals surface area contributed by atoms with Crippen molar-refractivity contribution in [2.45, 2.75) is 33.1 Å². The van der Waals surface area contributed by atoms with E-state index >= 15 is 0 Å². The van der Waals surface area contributed by atoms with Gasteiger partial charge >= 0.3 is 5.97 Å². The molecule has 0 aliphatic carbocycles. The SMILES string of the molecule is CC=CCCC=CCOC(=O)CC. The summed E-state index contributed by atoms with van der Waals surface area (Å²) < 4.78 is 4.85. The van der Waals surface area contributed by atoms with Crippen LogP contribution in [-0.2, 0) is 9.53 Å². The highest BCUT2D eigenvalue weighted by atomic mass is 16.5. The zero-order valence-electron chi connectivity index (χ0n) is 8.45. The Morgan fingerprint density at radius 1 is 1.23 bits per heavy atom. The van der Waals surface area contributed by atoms with E-state index in [1.807, 2.05) is 25.2 Å². The highest BCUT2D eigenvalue weighted by molar-refractivity contribution is 5.68. The van der Waals surface area contributed by atoms with E-state index in [0.29, 0.717) is 13.0 Å². The molecule has 0 aromatic carbocycles. The maximum Gasteiger partial charge on any atom is 0.305 e. The number of rotatable bonds is 6. The molecule has 0 unspecified atom stereocenters. The molecular weight excluding hydrogens is 164 g/mol. The minimum atomic E-state index is -0.141. The Labute approximate surface area is 80.3 Å². The minimum Gasteiger partial charge on any atom is -0.461 e. The van der Waals surface area contributed by atoms with Crippen LogP contribution in [0, 0.1) is 0 Å². The lowest BCUT2D eigenvalue weighted by atomic mass is 10.3. The maximum absolute atomic E-state index is 10.7. The molecule has 0 radical (unpaired) electrons. The predicted octanol–water partition coefficient (Wildman–Crippen LogP) is 2.85. The van der Waals surface area contributed by atoms with Crippen molar-refractivity contribution in [1.82, 2.24) is 0 Å². The van der Waals surface area contributed by atoms with E-state index in [1.54, 1.807) is 6.92 Å². The molecule has 0 spiro atoms. The number of carbonyl (C=O) groups is 1. The average molecular weight is 182 g/mol. The molecule has 0 bridgehead atoms. The van der Waals surface area contributed by atoms with E-state index in [4.69, 9.17) is 4.74 Å². The van der Waals surface area contributed by atoms with Gasteiger partial charge in [0.05, 0.1) is 0 Å². The molecule has 0 aromatic rings. The van der Waals surface area contributed by atoms with Crippen LogP contribution < -0.4 is 0 Å². The Morgan fingerprint density at radius 3 is 2.54 bits per heavy atom. The van der Waals surface area contributed by atoms with Crippen LogP contribution in [0.5, 0.6) is 0 Å². The fourth-order valence-electron chi connectivity index (χ4n) is 0.788. The number of allylic oxidation sites excluding steroid dienone is 3. The molecule has 0 aromatic heterocycles. The fourth-order valence-corrected chi connectivity index (χ4v) is 0.788. The van der Waals surface area contributed by atoms with Crippen LogP contribution in [0.1, 0.15) is 33.1 Å². The van der Waals surface area contributed by atoms with Crippen molar-refractivity contribution in [3.63, 3.8) is 0 Å². The monoisotopic (exact) mass is 182 g/mol. The van der Waals surface area contributed by atoms with Crippen LogP contribution in [0.25, 0.3) is 0 Å². The van der Waals surface area contributed by atoms with Crippen molar-refractivity contribution in [1.29, 1.82) is 0 Å². The number of hydrogen-bond donors (Lipinski definition) is 0. The number of hydrogen-bond acceptors (Lipinski definition) is 2. The van der Waals surface area contributed by atoms with E-state index in [0.717, 1.165) is 12.8 Å². The molecule has 0 N–H and O–H groups in total. The van der Waals surface area contributed by atoms with Crippen LogP contribution in [0.4, 0.5) is 0 Å². The van der Waals surface area contributed by atoms with Gasteiger partial charge in [-0.25, -0.2) is 0 Å². The third kappa shape index (κ3) is 8.86. The van der Waals surface area contributed by atoms with Gasteiger partial charge in [-0.2, -0.15) is 0 Å². The summed E-state index contributed by atoms with van der Waals surface area (Å²) >= 11 is 0. The normalized spacial score (nSPS) is 11.2. The van der Waals surface area contributed by atoms with Crippen LogP contribution in [0.3, 0.4) is 0 Å². The molecule has 2 heteroatoms. The first-order valence-corrected chi connectivity index (χ1v) is 4.73. The van der Waals surface area contributed by atoms with E-state index in [-0.39, 0.29) is 5.97 Å². The van der Waals surface area contributed by atoms with Crippen molar-refractivity contribution < 1.29 is 9.53 Å². The number of carbonyl (C=O) groups excluding carboxylic acids is 1. The van der Waals surface area contributed by atoms with Gasteiger partial charge < -0.3 is 4.74 Å². The zero-order valence-corrected chi connectivity index (χ0v) is 8.45. The average Bonchev–Trinajstić information content (AvgIpc) is 2.16. The largest absolute Gasteiger partial charge is 0.461 e. The van der Waals surface area contributed by atoms with Crippen molar-refractivity contribution in [2.24, 2.45) is 0 Å². The van der Waals surface area contributed by atoms with Gasteiger partial charge in [0.15, 0.2) is 0 Å². The lowest BCUT2D eigenvalue weighted by Crippen LogP contribution is -2.01. The Hall–Kier alpha value is -1.05. The zero-order chi connectivity index (χ0) is 9.94. The molecule has 0 fully saturated rings. The van der Waals surface area contributed by atoms with Crippen LogP contribution >= 0.6 is 0 Å². The third-order valence-electron chi connectivity index (χ3n) is 1.53. The van der Waals surface area contributed by atoms with Gasteiger partial charge in [0, 0.05) is 6.42 Å². The summed E-state index contributed by atoms with van der Waals surface area (Å²) in [5, 5.41) is 0. The molecule has 0 rings (SSSR count). The Bertz CT molecular complexity index is 181. The summed E-state index contributed by atoms with van der Waals surface area (Å²) in [5.41, 5.74) is 0. The topological polar surface area (TPSA) is 26.3 Å². The van der Waals surface area contributed by atoms with Crippen LogP contribution in [0.15, 0.2) is 24.3 Å². The van der Waals surface area contributed by atoms with Crippen molar-refractivity contribution in [3.05, 3.63) is 24.3 Å². The lowest BCUT2D eigenvalue weighted by molar-refractivity contribution is -0.141. The van der Waals surface area contributed by atoms with E-state index in [1.165, 1.54) is 0 Å². The van der Waals surface area contributed by atoms with Gasteiger partial charge in [0.2, 0.25) is 0 Å². The summed E-state index contributed by atoms with van der Waals surface area (Å²) in [7, 11) is 0. The maximum atomic E-state index is 10.7. The number of esters is 1. The molecule has 13 heavy (non-hydrogen) atoms. The van der Waals surface area contributed by atoms with Crippen molar-refractivity contribution >= 4 is 5.97 Å². The van der Waals surface area contributed by atoms with Crippen LogP contribution in [-0.4, -0.2) is 12.6 Å². The molecule has 74 valence electrons. The second kappa shape index (κ2) is 9.04. The Kier molecular flexibility index (Phi) is 8.31. The minimum absolute atomic E-state index is 0.141. The highest BCUT2D eigenvalue weighted by Crippen LogP contribution is 1.93. The standard InChI is InChI=1S/C11H18O2/c1-3-5-6-7-8-9-10-13-11(12)4-2/h3,5,8-9H,4,6-7,10H2,1-2H3. The molecule has 0 saturated carbocycles. The fraction of sp³-hybridized carbons (Fsp3) is 0.545. The lowest BCUT2D eigenvalue weighted by Gasteiger charge is -1.96. The molecule has 0 heterocycles. The van der Waals surface area contributed by atoms with Gasteiger partial charge in [0.25, 0.3) is 0 Å². The summed E-state index contributed by atoms with van der Waals surface area (Å²) in [4.78, 5) is 10.7. The molecule has 0 saturated heterocycles.